The number of aliphatic carboxylic acids is 1. The van der Waals surface area contributed by atoms with Crippen LogP contribution in [0.15, 0.2) is 36.5 Å². The molecule has 1 aliphatic heterocycles. The maximum absolute atomic E-state index is 14.1. The van der Waals surface area contributed by atoms with Crippen molar-refractivity contribution in [3.8, 4) is 11.5 Å². The quantitative estimate of drug-likeness (QED) is 0.273. The number of nitrogens with one attached hydrogen (secondary N) is 1. The number of nitrogen functional groups attached to an aromatic ring is 1. The summed E-state index contributed by atoms with van der Waals surface area (Å²) in [6.07, 6.45) is -4.41. The number of nitrogens with zero attached hydrogens (tertiary/aromatic N) is 5. The van der Waals surface area contributed by atoms with E-state index < -0.39 is 35.7 Å². The summed E-state index contributed by atoms with van der Waals surface area (Å²) in [6.45, 7) is 1.52. The van der Waals surface area contributed by atoms with Gasteiger partial charge in [-0.2, -0.15) is 18.3 Å². The molecule has 5 rings (SSSR count). The summed E-state index contributed by atoms with van der Waals surface area (Å²) < 4.78 is 53.4. The highest BCUT2D eigenvalue weighted by Crippen LogP contribution is 2.45. The highest BCUT2D eigenvalue weighted by Gasteiger charge is 2.47. The second-order valence-electron chi connectivity index (χ2n) is 9.64. The van der Waals surface area contributed by atoms with Crippen molar-refractivity contribution in [2.24, 2.45) is 0 Å². The van der Waals surface area contributed by atoms with Crippen molar-refractivity contribution in [3.05, 3.63) is 59.0 Å². The topological polar surface area (TPSA) is 149 Å². The van der Waals surface area contributed by atoms with Crippen LogP contribution >= 0.6 is 0 Å². The summed E-state index contributed by atoms with van der Waals surface area (Å²) in [5.41, 5.74) is 6.96. The van der Waals surface area contributed by atoms with Gasteiger partial charge in [-0.25, -0.2) is 24.0 Å². The Labute approximate surface area is 224 Å². The van der Waals surface area contributed by atoms with E-state index in [9.17, 15) is 27.2 Å². The number of hydrogen-bond donors (Lipinski definition) is 3. The number of carboxylic acids is 1. The van der Waals surface area contributed by atoms with Crippen LogP contribution in [0.1, 0.15) is 42.9 Å². The zero-order valence-electron chi connectivity index (χ0n) is 21.1. The third-order valence-electron chi connectivity index (χ3n) is 6.88. The first-order valence-electron chi connectivity index (χ1n) is 12.3. The van der Waals surface area contributed by atoms with Crippen molar-refractivity contribution in [2.45, 2.75) is 50.7 Å². The van der Waals surface area contributed by atoms with E-state index in [2.05, 4.69) is 25.4 Å². The molecule has 1 atom stereocenters. The smallest absolute Gasteiger partial charge is 0.389 e. The van der Waals surface area contributed by atoms with Gasteiger partial charge in [-0.1, -0.05) is 24.3 Å². The number of carbonyl (C=O) groups excluding carboxylic acids is 1. The number of amides is 1. The Morgan fingerprint density at radius 1 is 1.20 bits per heavy atom. The number of pyridine rings is 1. The summed E-state index contributed by atoms with van der Waals surface area (Å²) in [5.74, 6) is -2.01. The Kier molecular flexibility index (Phi) is 6.64. The molecule has 1 aliphatic rings. The van der Waals surface area contributed by atoms with Gasteiger partial charge in [0.15, 0.2) is 11.5 Å². The number of hydrogen-bond acceptors (Lipinski definition) is 7. The largest absolute Gasteiger partial charge is 0.481 e. The summed E-state index contributed by atoms with van der Waals surface area (Å²) in [6, 6.07) is 8.03. The second-order valence-corrected chi connectivity index (χ2v) is 9.64. The Balaban J connectivity index is 1.53. The summed E-state index contributed by atoms with van der Waals surface area (Å²) in [5, 5.41) is 16.1. The molecule has 14 heteroatoms. The fourth-order valence-corrected chi connectivity index (χ4v) is 4.83. The first-order valence-corrected chi connectivity index (χ1v) is 12.3. The average molecular weight is 558 g/mol. The molecule has 0 spiro atoms. The normalized spacial score (nSPS) is 16.8. The number of aryl methyl sites for hydroxylation is 2. The minimum absolute atomic E-state index is 0.0321. The number of carbonyl (C=O) groups is 2. The molecule has 3 aromatic heterocycles. The minimum Gasteiger partial charge on any atom is -0.481 e. The molecular formula is C26H23F4N7O3. The number of benzene rings is 1. The molecule has 0 saturated heterocycles. The summed E-state index contributed by atoms with van der Waals surface area (Å²) in [7, 11) is 0. The van der Waals surface area contributed by atoms with Gasteiger partial charge in [0.25, 0.3) is 0 Å². The molecule has 0 bridgehead atoms. The molecule has 1 amide bonds. The molecule has 0 radical (unpaired) electrons. The van der Waals surface area contributed by atoms with Crippen molar-refractivity contribution in [1.29, 1.82) is 0 Å². The number of nitrogens with two attached hydrogens (primary N) is 1. The number of carboxylic acid groups (broad SMARTS) is 1. The van der Waals surface area contributed by atoms with Crippen molar-refractivity contribution in [2.75, 3.05) is 11.1 Å². The van der Waals surface area contributed by atoms with Gasteiger partial charge in [-0.05, 0) is 37.0 Å². The number of anilines is 2. The second kappa shape index (κ2) is 9.84. The van der Waals surface area contributed by atoms with Gasteiger partial charge in [0, 0.05) is 19.4 Å². The third-order valence-corrected chi connectivity index (χ3v) is 6.88. The predicted molar refractivity (Wildman–Crippen MR) is 136 cm³/mol. The van der Waals surface area contributed by atoms with Gasteiger partial charge in [0.05, 0.1) is 17.1 Å². The van der Waals surface area contributed by atoms with E-state index in [0.717, 1.165) is 17.8 Å². The van der Waals surface area contributed by atoms with E-state index in [4.69, 9.17) is 10.8 Å². The van der Waals surface area contributed by atoms with Crippen LogP contribution in [0.2, 0.25) is 0 Å². The van der Waals surface area contributed by atoms with Gasteiger partial charge < -0.3 is 16.2 Å². The van der Waals surface area contributed by atoms with Crippen LogP contribution in [0.25, 0.3) is 22.6 Å². The predicted octanol–water partition coefficient (Wildman–Crippen LogP) is 4.23. The Morgan fingerprint density at radius 2 is 1.93 bits per heavy atom. The first kappa shape index (κ1) is 27.0. The Hall–Kier alpha value is -4.62. The van der Waals surface area contributed by atoms with Crippen molar-refractivity contribution < 1.29 is 32.3 Å². The van der Waals surface area contributed by atoms with Crippen LogP contribution in [0.5, 0.6) is 0 Å². The number of fused-ring (bicyclic) bond motifs is 2. The number of aromatic nitrogens is 5. The maximum Gasteiger partial charge on any atom is 0.389 e. The van der Waals surface area contributed by atoms with Crippen LogP contribution in [0, 0.1) is 5.82 Å². The standard InChI is InChI=1S/C26H23F4N7O3/c1-25(14-6-3-13(4-7-14)5-8-17(38)39)18-20(31)33-22(34-21(18)35-24(25)40)19-16-11-15(27)12-32-23(16)37(36-19)10-2-9-26(28,29)30/h3-4,6-7,11-12H,2,5,8-10H2,1H3,(H,38,39)(H3,31,33,34,35,40)/t25-/m0/s1. The highest BCUT2D eigenvalue weighted by molar-refractivity contribution is 6.09. The van der Waals surface area contributed by atoms with Crippen LogP contribution < -0.4 is 11.1 Å². The summed E-state index contributed by atoms with van der Waals surface area (Å²) >= 11 is 0. The zero-order valence-corrected chi connectivity index (χ0v) is 21.1. The molecule has 1 aromatic carbocycles. The van der Waals surface area contributed by atoms with Gasteiger partial charge in [-0.15, -0.1) is 0 Å². The van der Waals surface area contributed by atoms with E-state index in [0.29, 0.717) is 17.5 Å². The fraction of sp³-hybridized carbons (Fsp3) is 0.308. The molecule has 0 unspecified atom stereocenters. The SMILES string of the molecule is C[C@@]1(c2ccc(CCC(=O)O)cc2)C(=O)Nc2nc(-c3nn(CCCC(F)(F)F)c4ncc(F)cc34)nc(N)c21. The molecule has 40 heavy (non-hydrogen) atoms. The average Bonchev–Trinajstić information content (AvgIpc) is 3.36. The van der Waals surface area contributed by atoms with E-state index in [1.54, 1.807) is 31.2 Å². The molecule has 4 aromatic rings. The molecule has 208 valence electrons. The van der Waals surface area contributed by atoms with Crippen molar-refractivity contribution >= 4 is 34.5 Å². The first-order chi connectivity index (χ1) is 18.9. The van der Waals surface area contributed by atoms with Gasteiger partial charge in [-0.3, -0.25) is 9.59 Å². The van der Waals surface area contributed by atoms with Crippen LogP contribution in [-0.4, -0.2) is 47.9 Å². The molecular weight excluding hydrogens is 534 g/mol. The van der Waals surface area contributed by atoms with Crippen LogP contribution in [0.3, 0.4) is 0 Å². The van der Waals surface area contributed by atoms with E-state index >= 15 is 0 Å². The lowest BCUT2D eigenvalue weighted by Crippen LogP contribution is -2.33. The lowest BCUT2D eigenvalue weighted by atomic mass is 9.77. The zero-order chi connectivity index (χ0) is 28.8. The van der Waals surface area contributed by atoms with Crippen molar-refractivity contribution in [1.82, 2.24) is 24.7 Å². The molecule has 0 aliphatic carbocycles. The van der Waals surface area contributed by atoms with Gasteiger partial charge in [0.1, 0.15) is 28.6 Å². The Bertz CT molecular complexity index is 1640. The maximum atomic E-state index is 14.1. The summed E-state index contributed by atoms with van der Waals surface area (Å²) in [4.78, 5) is 36.9. The molecule has 0 saturated carbocycles. The molecule has 4 N–H and O–H groups in total. The van der Waals surface area contributed by atoms with E-state index in [1.807, 2.05) is 0 Å². The lowest BCUT2D eigenvalue weighted by molar-refractivity contribution is -0.137. The van der Waals surface area contributed by atoms with Crippen LogP contribution in [0.4, 0.5) is 29.2 Å². The number of alkyl halides is 3. The number of rotatable bonds is 8. The lowest BCUT2D eigenvalue weighted by Gasteiger charge is -2.23. The minimum atomic E-state index is -4.34. The third kappa shape index (κ3) is 4.92. The highest BCUT2D eigenvalue weighted by atomic mass is 19.4. The van der Waals surface area contributed by atoms with Crippen molar-refractivity contribution in [3.63, 3.8) is 0 Å². The monoisotopic (exact) mass is 557 g/mol. The fourth-order valence-electron chi connectivity index (χ4n) is 4.83. The van der Waals surface area contributed by atoms with E-state index in [-0.39, 0.29) is 53.6 Å². The molecule has 10 nitrogen and oxygen atoms in total. The van der Waals surface area contributed by atoms with Crippen LogP contribution in [-0.2, 0) is 28.0 Å². The Morgan fingerprint density at radius 3 is 2.60 bits per heavy atom. The van der Waals surface area contributed by atoms with Gasteiger partial charge >= 0.3 is 12.1 Å². The van der Waals surface area contributed by atoms with Gasteiger partial charge in [0.2, 0.25) is 5.91 Å². The molecule has 0 fully saturated rings. The molecule has 4 heterocycles. The number of halogens is 4. The van der Waals surface area contributed by atoms with E-state index in [1.165, 1.54) is 4.68 Å².